The van der Waals surface area contributed by atoms with Crippen molar-refractivity contribution in [1.82, 2.24) is 9.55 Å². The van der Waals surface area contributed by atoms with Gasteiger partial charge in [0.05, 0.1) is 18.8 Å². The average Bonchev–Trinajstić information content (AvgIpc) is 3.13. The Hall–Kier alpha value is -1.89. The molecule has 4 atom stereocenters. The summed E-state index contributed by atoms with van der Waals surface area (Å²) in [6.45, 7) is 18.4. The normalized spacial score (nSPS) is 22.4. The molecule has 2 rings (SSSR count). The van der Waals surface area contributed by atoms with Crippen LogP contribution in [0.1, 0.15) is 68.5 Å². The number of nitriles is 1. The molecular weight excluding hydrogens is 508 g/mol. The Kier molecular flexibility index (Phi) is 11.2. The van der Waals surface area contributed by atoms with Crippen LogP contribution < -0.4 is 11.0 Å². The van der Waals surface area contributed by atoms with Gasteiger partial charge in [0, 0.05) is 20.2 Å². The van der Waals surface area contributed by atoms with Crippen molar-refractivity contribution in [3.05, 3.63) is 22.7 Å². The zero-order valence-corrected chi connectivity index (χ0v) is 25.8. The van der Waals surface area contributed by atoms with E-state index < -0.39 is 47.6 Å². The first-order valence-corrected chi connectivity index (χ1v) is 16.5. The maximum Gasteiger partial charge on any atom is 0.351 e. The molecule has 1 radical (unpaired) electrons. The lowest BCUT2D eigenvalue weighted by molar-refractivity contribution is -0.114. The van der Waals surface area contributed by atoms with Crippen LogP contribution in [0.3, 0.4) is 0 Å². The van der Waals surface area contributed by atoms with Gasteiger partial charge in [0.2, 0.25) is 14.9 Å². The lowest BCUT2D eigenvalue weighted by Gasteiger charge is -2.37. The number of anilines is 1. The highest BCUT2D eigenvalue weighted by Crippen LogP contribution is 2.40. The van der Waals surface area contributed by atoms with E-state index in [1.54, 1.807) is 7.11 Å². The quantitative estimate of drug-likeness (QED) is 0.380. The van der Waals surface area contributed by atoms with E-state index >= 15 is 0 Å². The Balaban J connectivity index is 2.47. The number of amides is 1. The number of nitrogens with one attached hydrogen (secondary N) is 1. The molecule has 0 spiro atoms. The Labute approximate surface area is 223 Å². The van der Waals surface area contributed by atoms with Crippen LogP contribution in [0.5, 0.6) is 0 Å². The number of hydrogen-bond acceptors (Lipinski definition) is 8. The number of carbonyl (C=O) groups excluding carboxylic acids is 1. The van der Waals surface area contributed by atoms with E-state index in [2.05, 4.69) is 71.8 Å². The highest BCUT2D eigenvalue weighted by Gasteiger charge is 2.51. The van der Waals surface area contributed by atoms with Gasteiger partial charge in [-0.1, -0.05) is 55.4 Å². The van der Waals surface area contributed by atoms with E-state index in [1.807, 2.05) is 0 Å². The van der Waals surface area contributed by atoms with Gasteiger partial charge < -0.3 is 23.3 Å². The molecule has 1 saturated heterocycles. The smallest absolute Gasteiger partial charge is 0.351 e. The summed E-state index contributed by atoms with van der Waals surface area (Å²) in [5, 5.41) is 12.7. The summed E-state index contributed by atoms with van der Waals surface area (Å²) in [6, 6.07) is 3.85. The molecule has 207 valence electrons. The molecule has 0 saturated carbocycles. The van der Waals surface area contributed by atoms with Crippen LogP contribution in [-0.4, -0.2) is 59.0 Å². The third kappa shape index (κ3) is 7.16. The summed E-state index contributed by atoms with van der Waals surface area (Å²) in [5.41, 5.74) is 0.384. The lowest BCUT2D eigenvalue weighted by atomic mass is 10.0. The van der Waals surface area contributed by atoms with Gasteiger partial charge in [0.15, 0.2) is 6.23 Å². The van der Waals surface area contributed by atoms with Gasteiger partial charge in [-0.2, -0.15) is 10.2 Å². The second-order valence-corrected chi connectivity index (χ2v) is 18.5. The Morgan fingerprint density at radius 1 is 1.22 bits per heavy atom. The molecule has 1 aromatic rings. The lowest BCUT2D eigenvalue weighted by Crippen LogP contribution is -2.50. The number of hydrogen-bond donors (Lipinski definition) is 1. The van der Waals surface area contributed by atoms with E-state index in [9.17, 15) is 14.9 Å². The van der Waals surface area contributed by atoms with Gasteiger partial charge in [0.25, 0.3) is 0 Å². The van der Waals surface area contributed by atoms with Gasteiger partial charge in [-0.25, -0.2) is 4.79 Å². The fourth-order valence-electron chi connectivity index (χ4n) is 5.09. The van der Waals surface area contributed by atoms with E-state index in [1.165, 1.54) is 23.8 Å². The molecule has 1 fully saturated rings. The topological polar surface area (TPSA) is 125 Å². The predicted octanol–water partition coefficient (Wildman–Crippen LogP) is 4.36. The zero-order chi connectivity index (χ0) is 28.1. The third-order valence-electron chi connectivity index (χ3n) is 6.71. The maximum atomic E-state index is 12.9. The van der Waals surface area contributed by atoms with E-state index in [0.29, 0.717) is 11.1 Å². The van der Waals surface area contributed by atoms with Crippen molar-refractivity contribution >= 4 is 29.3 Å². The SMILES string of the molecule is CO[Si](OC[C@H]1O[C@@H](n2ccc(NC(C)=O)nc2=O)[C@@H](C#N)[C@@H]1O[Si](C(C)C)C(C)C)(C(C)C)C(C)C. The van der Waals surface area contributed by atoms with Crippen LogP contribution in [0.15, 0.2) is 17.1 Å². The molecule has 10 nitrogen and oxygen atoms in total. The standard InChI is InChI=1S/C25H43N4O6Si2/c1-15(2)36(16(3)4)35-23-20(13-26)24(29-12-11-22(27-19(9)30)28-25(29)31)34-21(23)14-33-37(32-10,17(5)6)18(7)8/h11-12,15-18,20-21,23-24H,14H2,1-10H3,(H,27,28,30,31)/t20-,21+,23-,24+/m0/s1. The van der Waals surface area contributed by atoms with Crippen LogP contribution in [0.4, 0.5) is 5.82 Å². The van der Waals surface area contributed by atoms with Gasteiger partial charge in [0.1, 0.15) is 17.8 Å². The summed E-state index contributed by atoms with van der Waals surface area (Å²) in [5.74, 6) is -0.947. The number of aromatic nitrogens is 2. The zero-order valence-electron chi connectivity index (χ0n) is 23.8. The minimum Gasteiger partial charge on any atom is -0.409 e. The monoisotopic (exact) mass is 551 g/mol. The van der Waals surface area contributed by atoms with Gasteiger partial charge in [-0.05, 0) is 28.2 Å². The van der Waals surface area contributed by atoms with Crippen LogP contribution in [0.25, 0.3) is 0 Å². The molecule has 1 N–H and O–H groups in total. The van der Waals surface area contributed by atoms with Crippen LogP contribution in [0.2, 0.25) is 22.2 Å². The minimum absolute atomic E-state index is 0.141. The van der Waals surface area contributed by atoms with E-state index in [4.69, 9.17) is 18.0 Å². The molecule has 0 aliphatic carbocycles. The molecule has 37 heavy (non-hydrogen) atoms. The second-order valence-electron chi connectivity index (χ2n) is 10.7. The number of ether oxygens (including phenoxy) is 1. The van der Waals surface area contributed by atoms with Crippen molar-refractivity contribution in [2.75, 3.05) is 19.0 Å². The average molecular weight is 552 g/mol. The van der Waals surface area contributed by atoms with Gasteiger partial charge >= 0.3 is 14.3 Å². The number of rotatable bonds is 12. The molecule has 1 amide bonds. The fourth-order valence-corrected chi connectivity index (χ4v) is 11.1. The summed E-state index contributed by atoms with van der Waals surface area (Å²) < 4.78 is 26.9. The Morgan fingerprint density at radius 2 is 1.81 bits per heavy atom. The number of nitrogens with zero attached hydrogens (tertiary/aromatic N) is 3. The van der Waals surface area contributed by atoms with Crippen molar-refractivity contribution in [2.45, 2.75) is 103 Å². The maximum absolute atomic E-state index is 12.9. The molecule has 0 unspecified atom stereocenters. The largest absolute Gasteiger partial charge is 0.409 e. The van der Waals surface area contributed by atoms with Crippen LogP contribution in [-0.2, 0) is 22.8 Å². The van der Waals surface area contributed by atoms with Gasteiger partial charge in [-0.15, -0.1) is 0 Å². The Bertz CT molecular complexity index is 994. The first kappa shape index (κ1) is 31.3. The highest BCUT2D eigenvalue weighted by molar-refractivity contribution is 6.70. The minimum atomic E-state index is -2.60. The molecule has 1 aromatic heterocycles. The number of carbonyl (C=O) groups is 1. The molecule has 0 aromatic carbocycles. The predicted molar refractivity (Wildman–Crippen MR) is 146 cm³/mol. The molecule has 12 heteroatoms. The summed E-state index contributed by atoms with van der Waals surface area (Å²) >= 11 is 0. The van der Waals surface area contributed by atoms with Crippen LogP contribution >= 0.6 is 0 Å². The first-order valence-electron chi connectivity index (χ1n) is 12.9. The van der Waals surface area contributed by atoms with Crippen molar-refractivity contribution in [1.29, 1.82) is 5.26 Å². The van der Waals surface area contributed by atoms with E-state index in [0.717, 1.165) is 0 Å². The second kappa shape index (κ2) is 13.3. The molecule has 1 aliphatic rings. The molecule has 2 heterocycles. The fraction of sp³-hybridized carbons (Fsp3) is 0.760. The third-order valence-corrected chi connectivity index (χ3v) is 14.0. The van der Waals surface area contributed by atoms with Crippen molar-refractivity contribution in [3.8, 4) is 6.07 Å². The highest BCUT2D eigenvalue weighted by atomic mass is 28.4. The van der Waals surface area contributed by atoms with Crippen molar-refractivity contribution in [2.24, 2.45) is 5.92 Å². The molecule has 0 bridgehead atoms. The van der Waals surface area contributed by atoms with Crippen molar-refractivity contribution < 1.29 is 22.8 Å². The Morgan fingerprint density at radius 3 is 2.24 bits per heavy atom. The summed E-state index contributed by atoms with van der Waals surface area (Å²) in [4.78, 5) is 28.2. The summed E-state index contributed by atoms with van der Waals surface area (Å²) in [7, 11) is -2.23. The van der Waals surface area contributed by atoms with Crippen molar-refractivity contribution in [3.63, 3.8) is 0 Å². The van der Waals surface area contributed by atoms with E-state index in [-0.39, 0.29) is 29.4 Å². The molecular formula is C25H43N4O6Si2. The molecule has 1 aliphatic heterocycles. The van der Waals surface area contributed by atoms with Gasteiger partial charge in [-0.3, -0.25) is 9.36 Å². The summed E-state index contributed by atoms with van der Waals surface area (Å²) in [6.07, 6.45) is -0.579. The first-order chi connectivity index (χ1) is 17.3. The van der Waals surface area contributed by atoms with Crippen LogP contribution in [0, 0.1) is 17.2 Å².